The van der Waals surface area contributed by atoms with Crippen molar-refractivity contribution in [1.29, 1.82) is 0 Å². The molecule has 0 saturated carbocycles. The lowest BCUT2D eigenvalue weighted by Crippen LogP contribution is -2.27. The van der Waals surface area contributed by atoms with Gasteiger partial charge in [0.15, 0.2) is 0 Å². The van der Waals surface area contributed by atoms with Gasteiger partial charge in [-0.25, -0.2) is 0 Å². The van der Waals surface area contributed by atoms with Gasteiger partial charge in [0.05, 0.1) is 0 Å². The number of furan rings is 1. The van der Waals surface area contributed by atoms with Gasteiger partial charge in [-0.2, -0.15) is 0 Å². The van der Waals surface area contributed by atoms with E-state index in [0.717, 1.165) is 68.9 Å². The summed E-state index contributed by atoms with van der Waals surface area (Å²) < 4.78 is 6.19. The highest BCUT2D eigenvalue weighted by Crippen LogP contribution is 2.44. The summed E-state index contributed by atoms with van der Waals surface area (Å²) in [5, 5.41) is 2.26. The zero-order chi connectivity index (χ0) is 36.0. The molecule has 8 aromatic rings. The van der Waals surface area contributed by atoms with Gasteiger partial charge >= 0.3 is 0 Å². The van der Waals surface area contributed by atoms with Crippen LogP contribution in [0.5, 0.6) is 0 Å². The van der Waals surface area contributed by atoms with E-state index in [-0.39, 0.29) is 5.41 Å². The normalized spacial score (nSPS) is 12.5. The van der Waals surface area contributed by atoms with Crippen molar-refractivity contribution in [2.24, 2.45) is 0 Å². The Balaban J connectivity index is 1.18. The Morgan fingerprint density at radius 1 is 0.415 bits per heavy atom. The monoisotopic (exact) mass is 690 g/mol. The summed E-state index contributed by atoms with van der Waals surface area (Å²) in [5.74, 6) is 0. The first kappa shape index (κ1) is 34.0. The van der Waals surface area contributed by atoms with Gasteiger partial charge in [0.1, 0.15) is 11.2 Å². The molecule has 0 saturated heterocycles. The van der Waals surface area contributed by atoms with Crippen LogP contribution >= 0.6 is 0 Å². The maximum Gasteiger partial charge on any atom is 0.135 e. The summed E-state index contributed by atoms with van der Waals surface area (Å²) >= 11 is 0. The highest BCUT2D eigenvalue weighted by atomic mass is 16.3. The van der Waals surface area contributed by atoms with Crippen molar-refractivity contribution in [3.05, 3.63) is 193 Å². The van der Waals surface area contributed by atoms with Crippen molar-refractivity contribution < 1.29 is 4.42 Å². The molecule has 1 aromatic heterocycles. The molecule has 1 unspecified atom stereocenters. The molecule has 8 rings (SSSR count). The molecule has 0 aliphatic rings. The van der Waals surface area contributed by atoms with E-state index in [4.69, 9.17) is 4.42 Å². The van der Waals surface area contributed by atoms with E-state index in [9.17, 15) is 0 Å². The van der Waals surface area contributed by atoms with Gasteiger partial charge < -0.3 is 14.2 Å². The Morgan fingerprint density at radius 2 is 0.849 bits per heavy atom. The second-order valence-corrected chi connectivity index (χ2v) is 13.9. The third-order valence-electron chi connectivity index (χ3n) is 10.8. The average Bonchev–Trinajstić information content (AvgIpc) is 3.60. The molecule has 0 N–H and O–H groups in total. The molecule has 0 aliphatic carbocycles. The maximum absolute atomic E-state index is 6.19. The van der Waals surface area contributed by atoms with E-state index in [1.807, 2.05) is 12.1 Å². The number of unbranched alkanes of at least 4 members (excludes halogenated alkanes) is 2. The average molecular weight is 691 g/mol. The van der Waals surface area contributed by atoms with Gasteiger partial charge in [0.25, 0.3) is 0 Å². The fourth-order valence-electron chi connectivity index (χ4n) is 8.05. The minimum atomic E-state index is -0.108. The van der Waals surface area contributed by atoms with Crippen LogP contribution in [0.4, 0.5) is 34.1 Å². The van der Waals surface area contributed by atoms with E-state index >= 15 is 0 Å². The molecule has 0 bridgehead atoms. The van der Waals surface area contributed by atoms with Crippen molar-refractivity contribution in [3.63, 3.8) is 0 Å². The van der Waals surface area contributed by atoms with E-state index in [2.05, 4.69) is 194 Å². The number of para-hydroxylation sites is 4. The van der Waals surface area contributed by atoms with E-state index in [1.54, 1.807) is 0 Å². The van der Waals surface area contributed by atoms with Crippen molar-refractivity contribution in [3.8, 4) is 0 Å². The van der Waals surface area contributed by atoms with Gasteiger partial charge in [-0.15, -0.1) is 0 Å². The summed E-state index contributed by atoms with van der Waals surface area (Å²) in [6.45, 7) is 4.65. The first-order chi connectivity index (χ1) is 26.2. The summed E-state index contributed by atoms with van der Waals surface area (Å²) in [6, 6.07) is 65.5. The van der Waals surface area contributed by atoms with Crippen LogP contribution in [0.25, 0.3) is 21.9 Å². The first-order valence-electron chi connectivity index (χ1n) is 19.1. The Labute approximate surface area is 313 Å². The molecular formula is C50H46N2O. The lowest BCUT2D eigenvalue weighted by molar-refractivity contribution is 0.431. The van der Waals surface area contributed by atoms with Gasteiger partial charge in [-0.05, 0) is 109 Å². The van der Waals surface area contributed by atoms with Gasteiger partial charge in [0.2, 0.25) is 0 Å². The molecule has 0 aliphatic heterocycles. The highest BCUT2D eigenvalue weighted by Gasteiger charge is 2.32. The van der Waals surface area contributed by atoms with Crippen LogP contribution in [0, 0.1) is 0 Å². The van der Waals surface area contributed by atoms with E-state index in [0.29, 0.717) is 0 Å². The van der Waals surface area contributed by atoms with Gasteiger partial charge in [0, 0.05) is 50.3 Å². The number of hydrogen-bond acceptors (Lipinski definition) is 3. The number of anilines is 6. The molecule has 0 fully saturated rings. The SMILES string of the molecule is CCCCCC(CC)(c1ccc(N(c2ccccc2)c2ccccc2)cc1)c1ccc(N(c2ccccc2)c2ccc3oc4ccccc4c3c2)cc1. The van der Waals surface area contributed by atoms with E-state index in [1.165, 1.54) is 30.4 Å². The zero-order valence-electron chi connectivity index (χ0n) is 30.7. The van der Waals surface area contributed by atoms with Crippen LogP contribution in [-0.4, -0.2) is 0 Å². The minimum Gasteiger partial charge on any atom is -0.456 e. The second-order valence-electron chi connectivity index (χ2n) is 13.9. The quantitative estimate of drug-likeness (QED) is 0.112. The third-order valence-corrected chi connectivity index (χ3v) is 10.8. The molecule has 262 valence electrons. The molecule has 7 aromatic carbocycles. The lowest BCUT2D eigenvalue weighted by atomic mass is 9.69. The fourth-order valence-corrected chi connectivity index (χ4v) is 8.05. The Kier molecular flexibility index (Phi) is 9.81. The maximum atomic E-state index is 6.19. The van der Waals surface area contributed by atoms with Gasteiger partial charge in [-0.3, -0.25) is 0 Å². The Bertz CT molecular complexity index is 2340. The van der Waals surface area contributed by atoms with Crippen LogP contribution in [-0.2, 0) is 5.41 Å². The predicted octanol–water partition coefficient (Wildman–Crippen LogP) is 14.8. The number of hydrogen-bond donors (Lipinski definition) is 0. The number of fused-ring (bicyclic) bond motifs is 3. The third kappa shape index (κ3) is 6.71. The predicted molar refractivity (Wildman–Crippen MR) is 225 cm³/mol. The molecule has 3 nitrogen and oxygen atoms in total. The molecule has 0 spiro atoms. The molecule has 1 atom stereocenters. The van der Waals surface area contributed by atoms with Crippen LogP contribution in [0.3, 0.4) is 0 Å². The first-order valence-corrected chi connectivity index (χ1v) is 19.1. The molecule has 53 heavy (non-hydrogen) atoms. The molecule has 3 heteroatoms. The number of nitrogens with zero attached hydrogens (tertiary/aromatic N) is 2. The Hall–Kier alpha value is -6.06. The molecule has 0 amide bonds. The fraction of sp³-hybridized carbons (Fsp3) is 0.160. The number of rotatable bonds is 13. The smallest absolute Gasteiger partial charge is 0.135 e. The van der Waals surface area contributed by atoms with Crippen molar-refractivity contribution >= 4 is 56.1 Å². The zero-order valence-corrected chi connectivity index (χ0v) is 30.7. The summed E-state index contributed by atoms with van der Waals surface area (Å²) in [6.07, 6.45) is 5.72. The largest absolute Gasteiger partial charge is 0.456 e. The number of benzene rings is 7. The van der Waals surface area contributed by atoms with Crippen LogP contribution in [0.1, 0.15) is 57.1 Å². The van der Waals surface area contributed by atoms with Crippen LogP contribution in [0.15, 0.2) is 186 Å². The molecular weight excluding hydrogens is 645 g/mol. The second kappa shape index (κ2) is 15.3. The van der Waals surface area contributed by atoms with Crippen molar-refractivity contribution in [1.82, 2.24) is 0 Å². The van der Waals surface area contributed by atoms with Crippen molar-refractivity contribution in [2.75, 3.05) is 9.80 Å². The van der Waals surface area contributed by atoms with Crippen LogP contribution < -0.4 is 9.80 Å². The lowest BCUT2D eigenvalue weighted by Gasteiger charge is -2.36. The van der Waals surface area contributed by atoms with Crippen LogP contribution in [0.2, 0.25) is 0 Å². The van der Waals surface area contributed by atoms with Crippen molar-refractivity contribution in [2.45, 2.75) is 51.4 Å². The minimum absolute atomic E-state index is 0.108. The highest BCUT2D eigenvalue weighted by molar-refractivity contribution is 6.06. The molecule has 0 radical (unpaired) electrons. The topological polar surface area (TPSA) is 19.6 Å². The summed E-state index contributed by atoms with van der Waals surface area (Å²) in [7, 11) is 0. The summed E-state index contributed by atoms with van der Waals surface area (Å²) in [5.41, 5.74) is 11.2. The van der Waals surface area contributed by atoms with Gasteiger partial charge in [-0.1, -0.05) is 130 Å². The summed E-state index contributed by atoms with van der Waals surface area (Å²) in [4.78, 5) is 4.69. The molecule has 1 heterocycles. The Morgan fingerprint density at radius 3 is 1.36 bits per heavy atom. The standard InChI is InChI=1S/C50H46N2O/c1-3-5-17-36-50(4-2,38-26-30-43(31-27-38)51(40-18-9-6-10-19-40)41-20-11-7-12-21-41)39-28-32-44(33-29-39)52(42-22-13-8-14-23-42)45-34-35-49-47(37-45)46-24-15-16-25-48(46)53-49/h6-16,18-35,37H,3-5,17,36H2,1-2H3. The van der Waals surface area contributed by atoms with E-state index < -0.39 is 0 Å².